The SMILES string of the molecule is CC(C)Cn1cnc2c(N)nc3cnccc3c21. The number of fused-ring (bicyclic) bond motifs is 3. The third-order valence-corrected chi connectivity index (χ3v) is 2.94. The quantitative estimate of drug-likeness (QED) is 0.746. The molecule has 0 bridgehead atoms. The molecule has 0 spiro atoms. The third kappa shape index (κ3) is 1.59. The topological polar surface area (TPSA) is 69.6 Å². The van der Waals surface area contributed by atoms with Gasteiger partial charge in [-0.25, -0.2) is 9.97 Å². The van der Waals surface area contributed by atoms with E-state index in [4.69, 9.17) is 5.73 Å². The summed E-state index contributed by atoms with van der Waals surface area (Å²) in [5, 5.41) is 1.05. The number of nitrogen functional groups attached to an aromatic ring is 1. The van der Waals surface area contributed by atoms with Crippen molar-refractivity contribution < 1.29 is 0 Å². The molecular formula is C13H15N5. The smallest absolute Gasteiger partial charge is 0.152 e. The van der Waals surface area contributed by atoms with Crippen LogP contribution in [0, 0.1) is 5.92 Å². The lowest BCUT2D eigenvalue weighted by molar-refractivity contribution is 0.533. The van der Waals surface area contributed by atoms with E-state index in [9.17, 15) is 0 Å². The van der Waals surface area contributed by atoms with Crippen LogP contribution in [0.3, 0.4) is 0 Å². The van der Waals surface area contributed by atoms with Gasteiger partial charge >= 0.3 is 0 Å². The van der Waals surface area contributed by atoms with Crippen LogP contribution in [0.15, 0.2) is 24.8 Å². The highest BCUT2D eigenvalue weighted by Crippen LogP contribution is 2.26. The zero-order chi connectivity index (χ0) is 12.7. The second-order valence-corrected chi connectivity index (χ2v) is 4.88. The molecule has 0 atom stereocenters. The summed E-state index contributed by atoms with van der Waals surface area (Å²) in [5.74, 6) is 1.02. The number of nitrogens with zero attached hydrogens (tertiary/aromatic N) is 4. The van der Waals surface area contributed by atoms with E-state index in [1.54, 1.807) is 12.4 Å². The average molecular weight is 241 g/mol. The normalized spacial score (nSPS) is 11.7. The summed E-state index contributed by atoms with van der Waals surface area (Å²) in [4.78, 5) is 12.8. The number of pyridine rings is 2. The van der Waals surface area contributed by atoms with Crippen LogP contribution in [0.4, 0.5) is 5.82 Å². The largest absolute Gasteiger partial charge is 0.382 e. The number of anilines is 1. The number of rotatable bonds is 2. The molecule has 3 rings (SSSR count). The summed E-state index contributed by atoms with van der Waals surface area (Å²) >= 11 is 0. The van der Waals surface area contributed by atoms with Crippen LogP contribution >= 0.6 is 0 Å². The molecule has 0 unspecified atom stereocenters. The van der Waals surface area contributed by atoms with Crippen LogP contribution in [0.2, 0.25) is 0 Å². The second kappa shape index (κ2) is 3.94. The van der Waals surface area contributed by atoms with Crippen molar-refractivity contribution in [2.45, 2.75) is 20.4 Å². The molecule has 3 heterocycles. The second-order valence-electron chi connectivity index (χ2n) is 4.88. The van der Waals surface area contributed by atoms with Crippen molar-refractivity contribution >= 4 is 27.8 Å². The summed E-state index contributed by atoms with van der Waals surface area (Å²) in [5.41, 5.74) is 8.59. The molecule has 3 aromatic rings. The Balaban J connectivity index is 2.40. The highest BCUT2D eigenvalue weighted by Gasteiger charge is 2.12. The minimum absolute atomic E-state index is 0.466. The summed E-state index contributed by atoms with van der Waals surface area (Å²) in [7, 11) is 0. The van der Waals surface area contributed by atoms with Gasteiger partial charge in [-0.3, -0.25) is 4.98 Å². The van der Waals surface area contributed by atoms with E-state index in [0.29, 0.717) is 11.7 Å². The van der Waals surface area contributed by atoms with Gasteiger partial charge < -0.3 is 10.3 Å². The van der Waals surface area contributed by atoms with E-state index in [2.05, 4.69) is 33.4 Å². The first-order chi connectivity index (χ1) is 8.66. The van der Waals surface area contributed by atoms with Gasteiger partial charge in [-0.1, -0.05) is 13.8 Å². The van der Waals surface area contributed by atoms with Crippen LogP contribution in [0.25, 0.3) is 21.9 Å². The Morgan fingerprint density at radius 1 is 1.39 bits per heavy atom. The summed E-state index contributed by atoms with van der Waals surface area (Å²) in [6.45, 7) is 5.28. The van der Waals surface area contributed by atoms with Crippen LogP contribution in [0.1, 0.15) is 13.8 Å². The van der Waals surface area contributed by atoms with Crippen LogP contribution in [-0.2, 0) is 6.54 Å². The Morgan fingerprint density at radius 3 is 3.00 bits per heavy atom. The Bertz CT molecular complexity index is 714. The van der Waals surface area contributed by atoms with Gasteiger partial charge in [0.1, 0.15) is 5.52 Å². The van der Waals surface area contributed by atoms with E-state index in [1.165, 1.54) is 0 Å². The van der Waals surface area contributed by atoms with Crippen molar-refractivity contribution in [2.75, 3.05) is 5.73 Å². The lowest BCUT2D eigenvalue weighted by Gasteiger charge is -2.09. The monoisotopic (exact) mass is 241 g/mol. The van der Waals surface area contributed by atoms with E-state index < -0.39 is 0 Å². The van der Waals surface area contributed by atoms with E-state index >= 15 is 0 Å². The average Bonchev–Trinajstić information content (AvgIpc) is 2.73. The molecule has 18 heavy (non-hydrogen) atoms. The number of nitrogens with two attached hydrogens (primary N) is 1. The lowest BCUT2D eigenvalue weighted by atomic mass is 10.2. The van der Waals surface area contributed by atoms with Gasteiger partial charge in [-0.2, -0.15) is 0 Å². The van der Waals surface area contributed by atoms with E-state index in [0.717, 1.165) is 28.5 Å². The van der Waals surface area contributed by atoms with Crippen molar-refractivity contribution in [3.63, 3.8) is 0 Å². The molecule has 0 saturated carbocycles. The predicted molar refractivity (Wildman–Crippen MR) is 72.1 cm³/mol. The van der Waals surface area contributed by atoms with Crippen LogP contribution in [0.5, 0.6) is 0 Å². The van der Waals surface area contributed by atoms with Gasteiger partial charge in [-0.15, -0.1) is 0 Å². The Kier molecular flexibility index (Phi) is 2.40. The molecule has 3 aromatic heterocycles. The van der Waals surface area contributed by atoms with Crippen LogP contribution < -0.4 is 5.73 Å². The molecule has 0 radical (unpaired) electrons. The van der Waals surface area contributed by atoms with Gasteiger partial charge in [0, 0.05) is 18.1 Å². The van der Waals surface area contributed by atoms with Gasteiger partial charge in [0.25, 0.3) is 0 Å². The molecule has 0 fully saturated rings. The fourth-order valence-corrected chi connectivity index (χ4v) is 2.24. The Morgan fingerprint density at radius 2 is 2.22 bits per heavy atom. The van der Waals surface area contributed by atoms with Gasteiger partial charge in [0.15, 0.2) is 5.82 Å². The van der Waals surface area contributed by atoms with E-state index in [1.807, 2.05) is 12.4 Å². The maximum Gasteiger partial charge on any atom is 0.152 e. The van der Waals surface area contributed by atoms with Gasteiger partial charge in [0.2, 0.25) is 0 Å². The fourth-order valence-electron chi connectivity index (χ4n) is 2.24. The van der Waals surface area contributed by atoms with E-state index in [-0.39, 0.29) is 0 Å². The number of imidazole rings is 1. The van der Waals surface area contributed by atoms with Crippen molar-refractivity contribution in [1.82, 2.24) is 19.5 Å². The molecule has 0 aliphatic carbocycles. The standard InChI is InChI=1S/C13H15N5/c1-8(2)6-18-7-16-11-12(18)9-3-4-15-5-10(9)17-13(11)14/h3-5,7-8H,6H2,1-2H3,(H2,14,17). The minimum atomic E-state index is 0.466. The van der Waals surface area contributed by atoms with Crippen molar-refractivity contribution in [3.05, 3.63) is 24.8 Å². The first-order valence-electron chi connectivity index (χ1n) is 6.01. The molecule has 0 aromatic carbocycles. The van der Waals surface area contributed by atoms with Gasteiger partial charge in [0.05, 0.1) is 23.6 Å². The first-order valence-corrected chi connectivity index (χ1v) is 6.01. The third-order valence-electron chi connectivity index (χ3n) is 2.94. The molecule has 2 N–H and O–H groups in total. The number of hydrogen-bond acceptors (Lipinski definition) is 4. The minimum Gasteiger partial charge on any atom is -0.382 e. The Hall–Kier alpha value is -2.17. The molecular weight excluding hydrogens is 226 g/mol. The highest BCUT2D eigenvalue weighted by atomic mass is 15.1. The number of hydrogen-bond donors (Lipinski definition) is 1. The Labute approximate surface area is 105 Å². The maximum atomic E-state index is 5.95. The number of aromatic nitrogens is 4. The summed E-state index contributed by atoms with van der Waals surface area (Å²) < 4.78 is 2.14. The highest BCUT2D eigenvalue weighted by molar-refractivity contribution is 6.05. The summed E-state index contributed by atoms with van der Waals surface area (Å²) in [6, 6.07) is 1.96. The van der Waals surface area contributed by atoms with Crippen LogP contribution in [-0.4, -0.2) is 19.5 Å². The maximum absolute atomic E-state index is 5.95. The predicted octanol–water partition coefficient (Wildman–Crippen LogP) is 2.22. The van der Waals surface area contributed by atoms with Crippen molar-refractivity contribution in [2.24, 2.45) is 5.92 Å². The molecule has 0 aliphatic rings. The zero-order valence-corrected chi connectivity index (χ0v) is 10.5. The van der Waals surface area contributed by atoms with Gasteiger partial charge in [-0.05, 0) is 12.0 Å². The first kappa shape index (κ1) is 11.0. The fraction of sp³-hybridized carbons (Fsp3) is 0.308. The summed E-state index contributed by atoms with van der Waals surface area (Å²) in [6.07, 6.45) is 5.34. The van der Waals surface area contributed by atoms with Crippen molar-refractivity contribution in [1.29, 1.82) is 0 Å². The van der Waals surface area contributed by atoms with Crippen molar-refractivity contribution in [3.8, 4) is 0 Å². The molecule has 0 saturated heterocycles. The molecule has 5 nitrogen and oxygen atoms in total. The molecule has 0 aliphatic heterocycles. The molecule has 92 valence electrons. The lowest BCUT2D eigenvalue weighted by Crippen LogP contribution is -2.03. The molecule has 5 heteroatoms. The molecule has 0 amide bonds. The zero-order valence-electron chi connectivity index (χ0n) is 10.5.